The number of amides is 2. The fraction of sp³-hybridized carbons (Fsp3) is 0.364. The number of nitriles is 1. The van der Waals surface area contributed by atoms with Crippen LogP contribution in [-0.4, -0.2) is 27.7 Å². The van der Waals surface area contributed by atoms with Crippen molar-refractivity contribution in [3.05, 3.63) is 52.1 Å². The molecule has 30 heavy (non-hydrogen) atoms. The Bertz CT molecular complexity index is 1110. The number of carbonyl (C=O) groups excluding carboxylic acids is 3. The standard InChI is InChI=1S/C22H23FN4O3/c1-12-17(19(28)21(30)26-22(3)8-5-9-22)13(2)27(4)18(12)20(29)25-15-6-7-16(23)14(10-15)11-24/h6-7,10H,5,8-9H2,1-4H3,(H,25,29)(H,26,30). The number of anilines is 1. The maximum Gasteiger partial charge on any atom is 0.292 e. The van der Waals surface area contributed by atoms with Gasteiger partial charge in [-0.1, -0.05) is 0 Å². The van der Waals surface area contributed by atoms with Crippen molar-refractivity contribution in [2.45, 2.75) is 45.6 Å². The van der Waals surface area contributed by atoms with Crippen LogP contribution in [0.5, 0.6) is 0 Å². The fourth-order valence-corrected chi connectivity index (χ4v) is 3.79. The third-order valence-corrected chi connectivity index (χ3v) is 5.80. The van der Waals surface area contributed by atoms with E-state index in [1.807, 2.05) is 6.92 Å². The van der Waals surface area contributed by atoms with E-state index >= 15 is 0 Å². The molecule has 3 rings (SSSR count). The average Bonchev–Trinajstić information content (AvgIpc) is 2.90. The molecule has 0 unspecified atom stereocenters. The molecule has 1 aromatic carbocycles. The maximum atomic E-state index is 13.5. The third-order valence-electron chi connectivity index (χ3n) is 5.80. The molecule has 1 aliphatic rings. The Morgan fingerprint density at radius 3 is 2.47 bits per heavy atom. The molecule has 0 atom stereocenters. The molecule has 1 saturated carbocycles. The fourth-order valence-electron chi connectivity index (χ4n) is 3.79. The highest BCUT2D eigenvalue weighted by atomic mass is 19.1. The summed E-state index contributed by atoms with van der Waals surface area (Å²) >= 11 is 0. The first-order chi connectivity index (χ1) is 14.1. The normalized spacial score (nSPS) is 14.4. The van der Waals surface area contributed by atoms with E-state index < -0.39 is 23.4 Å². The molecule has 2 aromatic rings. The topological polar surface area (TPSA) is 104 Å². The quantitative estimate of drug-likeness (QED) is 0.584. The van der Waals surface area contributed by atoms with E-state index in [1.165, 1.54) is 12.1 Å². The molecule has 8 heteroatoms. The maximum absolute atomic E-state index is 13.5. The minimum atomic E-state index is -0.682. The molecule has 1 fully saturated rings. The summed E-state index contributed by atoms with van der Waals surface area (Å²) in [6.07, 6.45) is 2.67. The average molecular weight is 410 g/mol. The number of ketones is 1. The molecule has 0 aliphatic heterocycles. The molecule has 0 saturated heterocycles. The summed E-state index contributed by atoms with van der Waals surface area (Å²) in [6.45, 7) is 5.18. The van der Waals surface area contributed by atoms with Crippen LogP contribution in [0.1, 0.15) is 63.9 Å². The van der Waals surface area contributed by atoms with Gasteiger partial charge in [-0.15, -0.1) is 0 Å². The van der Waals surface area contributed by atoms with E-state index in [4.69, 9.17) is 5.26 Å². The minimum Gasteiger partial charge on any atom is -0.344 e. The lowest BCUT2D eigenvalue weighted by Crippen LogP contribution is -2.53. The Hall–Kier alpha value is -3.47. The molecule has 0 spiro atoms. The molecular formula is C22H23FN4O3. The van der Waals surface area contributed by atoms with Crippen molar-refractivity contribution in [3.63, 3.8) is 0 Å². The van der Waals surface area contributed by atoms with Crippen molar-refractivity contribution in [2.75, 3.05) is 5.32 Å². The number of hydrogen-bond acceptors (Lipinski definition) is 4. The lowest BCUT2D eigenvalue weighted by molar-refractivity contribution is -0.119. The second-order valence-electron chi connectivity index (χ2n) is 7.95. The van der Waals surface area contributed by atoms with E-state index in [-0.39, 0.29) is 28.0 Å². The van der Waals surface area contributed by atoms with Crippen molar-refractivity contribution in [3.8, 4) is 6.07 Å². The van der Waals surface area contributed by atoms with Gasteiger partial charge in [0.25, 0.3) is 17.6 Å². The van der Waals surface area contributed by atoms with Gasteiger partial charge >= 0.3 is 0 Å². The van der Waals surface area contributed by atoms with Gasteiger partial charge < -0.3 is 15.2 Å². The van der Waals surface area contributed by atoms with E-state index in [9.17, 15) is 18.8 Å². The molecule has 2 amide bonds. The zero-order chi connectivity index (χ0) is 22.2. The van der Waals surface area contributed by atoms with Crippen LogP contribution in [0.25, 0.3) is 0 Å². The molecule has 1 aliphatic carbocycles. The molecule has 7 nitrogen and oxygen atoms in total. The summed E-state index contributed by atoms with van der Waals surface area (Å²) in [4.78, 5) is 38.2. The van der Waals surface area contributed by atoms with Crippen LogP contribution in [0.3, 0.4) is 0 Å². The van der Waals surface area contributed by atoms with Crippen molar-refractivity contribution in [1.82, 2.24) is 9.88 Å². The molecule has 1 aromatic heterocycles. The lowest BCUT2D eigenvalue weighted by atomic mass is 9.78. The van der Waals surface area contributed by atoms with Crippen molar-refractivity contribution in [2.24, 2.45) is 7.05 Å². The Balaban J connectivity index is 1.88. The highest BCUT2D eigenvalue weighted by Gasteiger charge is 2.36. The van der Waals surface area contributed by atoms with E-state index in [2.05, 4.69) is 10.6 Å². The highest BCUT2D eigenvalue weighted by molar-refractivity contribution is 6.43. The van der Waals surface area contributed by atoms with Gasteiger partial charge in [0.15, 0.2) is 0 Å². The summed E-state index contributed by atoms with van der Waals surface area (Å²) in [6, 6.07) is 5.39. The zero-order valence-corrected chi connectivity index (χ0v) is 17.4. The first-order valence-corrected chi connectivity index (χ1v) is 9.61. The number of nitrogens with zero attached hydrogens (tertiary/aromatic N) is 2. The molecule has 2 N–H and O–H groups in total. The van der Waals surface area contributed by atoms with Crippen molar-refractivity contribution >= 4 is 23.3 Å². The van der Waals surface area contributed by atoms with Crippen LogP contribution in [-0.2, 0) is 11.8 Å². The summed E-state index contributed by atoms with van der Waals surface area (Å²) in [7, 11) is 1.63. The second kappa shape index (κ2) is 7.75. The van der Waals surface area contributed by atoms with Gasteiger partial charge in [-0.3, -0.25) is 14.4 Å². The van der Waals surface area contributed by atoms with Crippen LogP contribution in [0, 0.1) is 31.0 Å². The van der Waals surface area contributed by atoms with Crippen molar-refractivity contribution in [1.29, 1.82) is 5.26 Å². The summed E-state index contributed by atoms with van der Waals surface area (Å²) in [5.41, 5.74) is 0.984. The summed E-state index contributed by atoms with van der Waals surface area (Å²) in [5, 5.41) is 14.4. The molecular weight excluding hydrogens is 387 g/mol. The van der Waals surface area contributed by atoms with Gasteiger partial charge in [-0.05, 0) is 63.8 Å². The van der Waals surface area contributed by atoms with Crippen LogP contribution >= 0.6 is 0 Å². The van der Waals surface area contributed by atoms with Crippen LogP contribution < -0.4 is 10.6 Å². The van der Waals surface area contributed by atoms with Gasteiger partial charge in [-0.25, -0.2) is 4.39 Å². The smallest absolute Gasteiger partial charge is 0.292 e. The van der Waals surface area contributed by atoms with Gasteiger partial charge in [0.2, 0.25) is 0 Å². The molecule has 1 heterocycles. The molecule has 156 valence electrons. The number of carbonyl (C=O) groups is 3. The predicted octanol–water partition coefficient (Wildman–Crippen LogP) is 3.15. The minimum absolute atomic E-state index is 0.190. The van der Waals surface area contributed by atoms with E-state index in [0.717, 1.165) is 25.3 Å². The van der Waals surface area contributed by atoms with Gasteiger partial charge in [-0.2, -0.15) is 5.26 Å². The zero-order valence-electron chi connectivity index (χ0n) is 17.4. The number of hydrogen-bond donors (Lipinski definition) is 2. The van der Waals surface area contributed by atoms with Crippen molar-refractivity contribution < 1.29 is 18.8 Å². The predicted molar refractivity (Wildman–Crippen MR) is 109 cm³/mol. The first kappa shape index (κ1) is 21.2. The van der Waals surface area contributed by atoms with Gasteiger partial charge in [0.05, 0.1) is 11.1 Å². The largest absolute Gasteiger partial charge is 0.344 e. The highest BCUT2D eigenvalue weighted by Crippen LogP contribution is 2.31. The Kier molecular flexibility index (Phi) is 5.49. The first-order valence-electron chi connectivity index (χ1n) is 9.61. The van der Waals surface area contributed by atoms with E-state index in [1.54, 1.807) is 31.5 Å². The number of halogens is 1. The number of rotatable bonds is 5. The Morgan fingerprint density at radius 1 is 1.23 bits per heavy atom. The number of Topliss-reactive ketones (excluding diaryl/α,β-unsaturated/α-hetero) is 1. The number of nitrogens with one attached hydrogen (secondary N) is 2. The van der Waals surface area contributed by atoms with E-state index in [0.29, 0.717) is 11.3 Å². The summed E-state index contributed by atoms with van der Waals surface area (Å²) < 4.78 is 15.1. The Morgan fingerprint density at radius 2 is 1.90 bits per heavy atom. The Labute approximate surface area is 173 Å². The SMILES string of the molecule is Cc1c(C(=O)C(=O)NC2(C)CCC2)c(C)n(C)c1C(=O)Nc1ccc(F)c(C#N)c1. The summed E-state index contributed by atoms with van der Waals surface area (Å²) in [5.74, 6) is -2.57. The van der Waals surface area contributed by atoms with Crippen LogP contribution in [0.4, 0.5) is 10.1 Å². The third kappa shape index (κ3) is 3.71. The number of aromatic nitrogens is 1. The van der Waals surface area contributed by atoms with Crippen LogP contribution in [0.15, 0.2) is 18.2 Å². The molecule has 0 bridgehead atoms. The van der Waals surface area contributed by atoms with Gasteiger partial charge in [0, 0.05) is 24.0 Å². The molecule has 0 radical (unpaired) electrons. The lowest BCUT2D eigenvalue weighted by Gasteiger charge is -2.38. The number of benzene rings is 1. The van der Waals surface area contributed by atoms with Gasteiger partial charge in [0.1, 0.15) is 17.6 Å². The van der Waals surface area contributed by atoms with Crippen LogP contribution in [0.2, 0.25) is 0 Å². The second-order valence-corrected chi connectivity index (χ2v) is 7.95. The monoisotopic (exact) mass is 410 g/mol.